The number of methoxy groups -OCH3 is 1. The quantitative estimate of drug-likeness (QED) is 0.443. The molecule has 1 aromatic heterocycles. The monoisotopic (exact) mass is 462 g/mol. The molecule has 0 radical (unpaired) electrons. The summed E-state index contributed by atoms with van der Waals surface area (Å²) >= 11 is 1.29. The second-order valence-electron chi connectivity index (χ2n) is 6.61. The van der Waals surface area contributed by atoms with Crippen molar-refractivity contribution in [2.45, 2.75) is 13.2 Å². The Morgan fingerprint density at radius 3 is 2.34 bits per heavy atom. The molecular formula is C22H20F2N2O5S. The van der Waals surface area contributed by atoms with E-state index >= 15 is 0 Å². The molecule has 7 nitrogen and oxygen atoms in total. The van der Waals surface area contributed by atoms with Crippen molar-refractivity contribution >= 4 is 23.2 Å². The van der Waals surface area contributed by atoms with Crippen LogP contribution in [0.1, 0.15) is 16.1 Å². The largest absolute Gasteiger partial charge is 0.497 e. The van der Waals surface area contributed by atoms with Gasteiger partial charge in [0.1, 0.15) is 16.5 Å². The highest BCUT2D eigenvalue weighted by Gasteiger charge is 2.17. The van der Waals surface area contributed by atoms with Crippen LogP contribution in [0, 0.1) is 0 Å². The number of nitrogens with zero attached hydrogens (tertiary/aromatic N) is 2. The first-order valence-corrected chi connectivity index (χ1v) is 10.3. The van der Waals surface area contributed by atoms with Crippen molar-refractivity contribution < 1.29 is 32.6 Å². The Morgan fingerprint density at radius 1 is 1.06 bits per heavy atom. The van der Waals surface area contributed by atoms with Crippen LogP contribution in [0.25, 0.3) is 10.6 Å². The van der Waals surface area contributed by atoms with Crippen LogP contribution in [-0.2, 0) is 16.1 Å². The summed E-state index contributed by atoms with van der Waals surface area (Å²) in [5.41, 5.74) is 1.65. The van der Waals surface area contributed by atoms with Crippen LogP contribution in [0.15, 0.2) is 53.9 Å². The van der Waals surface area contributed by atoms with Crippen molar-refractivity contribution in [2.24, 2.45) is 0 Å². The van der Waals surface area contributed by atoms with E-state index in [2.05, 4.69) is 9.72 Å². The number of carbonyl (C=O) groups excluding carboxylic acids is 2. The Bertz CT molecular complexity index is 1050. The van der Waals surface area contributed by atoms with E-state index in [9.17, 15) is 18.4 Å². The maximum absolute atomic E-state index is 12.3. The summed E-state index contributed by atoms with van der Waals surface area (Å²) in [7, 11) is 3.12. The topological polar surface area (TPSA) is 78.0 Å². The second-order valence-corrected chi connectivity index (χ2v) is 7.47. The molecule has 3 rings (SSSR count). The number of thiazole rings is 1. The van der Waals surface area contributed by atoms with Crippen LogP contribution in [0.4, 0.5) is 8.78 Å². The van der Waals surface area contributed by atoms with Gasteiger partial charge in [-0.25, -0.2) is 9.78 Å². The molecule has 0 aliphatic carbocycles. The molecule has 0 spiro atoms. The number of halogens is 2. The molecule has 0 unspecified atom stereocenters. The summed E-state index contributed by atoms with van der Waals surface area (Å²) < 4.78 is 38.9. The van der Waals surface area contributed by atoms with E-state index in [0.29, 0.717) is 16.3 Å². The lowest BCUT2D eigenvalue weighted by Crippen LogP contribution is -2.30. The maximum atomic E-state index is 12.3. The van der Waals surface area contributed by atoms with E-state index < -0.39 is 25.1 Å². The zero-order chi connectivity index (χ0) is 23.1. The van der Waals surface area contributed by atoms with Crippen LogP contribution in [0.5, 0.6) is 11.5 Å². The van der Waals surface area contributed by atoms with Gasteiger partial charge in [-0.3, -0.25) is 4.79 Å². The first-order chi connectivity index (χ1) is 15.4. The number of ether oxygens (including phenoxy) is 3. The fourth-order valence-corrected chi connectivity index (χ4v) is 3.48. The third kappa shape index (κ3) is 6.24. The SMILES string of the molecule is COc1ccc(-c2nc(C(=O)OCC(=O)N(C)Cc3ccc(OC(F)F)cc3)cs2)cc1. The molecule has 0 aliphatic rings. The predicted molar refractivity (Wildman–Crippen MR) is 114 cm³/mol. The third-order valence-electron chi connectivity index (χ3n) is 4.37. The lowest BCUT2D eigenvalue weighted by Gasteiger charge is -2.17. The van der Waals surface area contributed by atoms with Crippen LogP contribution >= 0.6 is 11.3 Å². The molecule has 1 amide bonds. The summed E-state index contributed by atoms with van der Waals surface area (Å²) in [6.45, 7) is -3.13. The minimum Gasteiger partial charge on any atom is -0.497 e. The molecule has 10 heteroatoms. The van der Waals surface area contributed by atoms with E-state index in [4.69, 9.17) is 9.47 Å². The van der Waals surface area contributed by atoms with Crippen molar-refractivity contribution in [2.75, 3.05) is 20.8 Å². The Balaban J connectivity index is 1.50. The molecule has 0 saturated carbocycles. The molecule has 0 atom stereocenters. The van der Waals surface area contributed by atoms with Gasteiger partial charge in [0.25, 0.3) is 5.91 Å². The lowest BCUT2D eigenvalue weighted by molar-refractivity contribution is -0.133. The van der Waals surface area contributed by atoms with Crippen molar-refractivity contribution in [3.8, 4) is 22.1 Å². The van der Waals surface area contributed by atoms with Crippen molar-refractivity contribution in [1.29, 1.82) is 0 Å². The van der Waals surface area contributed by atoms with Gasteiger partial charge in [0.2, 0.25) is 0 Å². The normalized spacial score (nSPS) is 10.7. The van der Waals surface area contributed by atoms with Gasteiger partial charge in [0.05, 0.1) is 7.11 Å². The minimum absolute atomic E-state index is 0.0314. The number of aromatic nitrogens is 1. The summed E-state index contributed by atoms with van der Waals surface area (Å²) in [6, 6.07) is 13.2. The number of carbonyl (C=O) groups is 2. The van der Waals surface area contributed by atoms with Gasteiger partial charge in [0, 0.05) is 24.5 Å². The molecule has 0 fully saturated rings. The molecule has 0 saturated heterocycles. The highest BCUT2D eigenvalue weighted by molar-refractivity contribution is 7.13. The number of rotatable bonds is 9. The molecular weight excluding hydrogens is 442 g/mol. The van der Waals surface area contributed by atoms with Gasteiger partial charge < -0.3 is 19.1 Å². The van der Waals surface area contributed by atoms with E-state index in [0.717, 1.165) is 5.56 Å². The van der Waals surface area contributed by atoms with Gasteiger partial charge in [-0.15, -0.1) is 11.3 Å². The van der Waals surface area contributed by atoms with Crippen molar-refractivity contribution in [1.82, 2.24) is 9.88 Å². The van der Waals surface area contributed by atoms with Crippen LogP contribution in [-0.4, -0.2) is 49.1 Å². The lowest BCUT2D eigenvalue weighted by atomic mass is 10.2. The number of esters is 1. The van der Waals surface area contributed by atoms with Crippen molar-refractivity contribution in [3.63, 3.8) is 0 Å². The molecule has 0 N–H and O–H groups in total. The molecule has 0 bridgehead atoms. The van der Waals surface area contributed by atoms with Gasteiger partial charge in [-0.2, -0.15) is 8.78 Å². The Kier molecular flexibility index (Phi) is 7.72. The first-order valence-electron chi connectivity index (χ1n) is 9.40. The zero-order valence-electron chi connectivity index (χ0n) is 17.3. The zero-order valence-corrected chi connectivity index (χ0v) is 18.1. The number of hydrogen-bond acceptors (Lipinski definition) is 7. The van der Waals surface area contributed by atoms with Crippen LogP contribution in [0.2, 0.25) is 0 Å². The number of hydrogen-bond donors (Lipinski definition) is 0. The highest BCUT2D eigenvalue weighted by atomic mass is 32.1. The molecule has 0 aliphatic heterocycles. The minimum atomic E-state index is -2.90. The fourth-order valence-electron chi connectivity index (χ4n) is 2.68. The molecule has 3 aromatic rings. The average molecular weight is 462 g/mol. The Labute approximate surface area is 187 Å². The van der Waals surface area contributed by atoms with Crippen LogP contribution in [0.3, 0.4) is 0 Å². The number of alkyl halides is 2. The third-order valence-corrected chi connectivity index (χ3v) is 5.26. The van der Waals surface area contributed by atoms with E-state index in [1.807, 2.05) is 12.1 Å². The fraction of sp³-hybridized carbons (Fsp3) is 0.227. The summed E-state index contributed by atoms with van der Waals surface area (Å²) in [5.74, 6) is -0.373. The first kappa shape index (κ1) is 23.1. The number of likely N-dealkylation sites (N-methyl/N-ethyl adjacent to an activating group) is 1. The Morgan fingerprint density at radius 2 is 1.72 bits per heavy atom. The highest BCUT2D eigenvalue weighted by Crippen LogP contribution is 2.26. The predicted octanol–water partition coefficient (Wildman–Crippen LogP) is 4.24. The summed E-state index contributed by atoms with van der Waals surface area (Å²) in [4.78, 5) is 30.2. The standard InChI is InChI=1S/C22H20F2N2O5S/c1-26(11-14-3-7-17(8-4-14)31-22(23)24)19(27)12-30-21(28)18-13-32-20(25-18)15-5-9-16(29-2)10-6-15/h3-10,13,22H,11-12H2,1-2H3. The number of benzene rings is 2. The van der Waals surface area contributed by atoms with Gasteiger partial charge in [0.15, 0.2) is 12.3 Å². The molecule has 1 heterocycles. The average Bonchev–Trinajstić information content (AvgIpc) is 3.28. The van der Waals surface area contributed by atoms with E-state index in [1.54, 1.807) is 43.8 Å². The molecule has 2 aromatic carbocycles. The van der Waals surface area contributed by atoms with Crippen LogP contribution < -0.4 is 9.47 Å². The van der Waals surface area contributed by atoms with Gasteiger partial charge >= 0.3 is 12.6 Å². The molecule has 168 valence electrons. The Hall–Kier alpha value is -3.53. The van der Waals surface area contributed by atoms with E-state index in [-0.39, 0.29) is 18.0 Å². The second kappa shape index (κ2) is 10.7. The summed E-state index contributed by atoms with van der Waals surface area (Å²) in [5, 5.41) is 2.21. The van der Waals surface area contributed by atoms with E-state index in [1.165, 1.54) is 28.4 Å². The van der Waals surface area contributed by atoms with Crippen molar-refractivity contribution in [3.05, 3.63) is 65.2 Å². The maximum Gasteiger partial charge on any atom is 0.387 e. The smallest absolute Gasteiger partial charge is 0.387 e. The molecule has 32 heavy (non-hydrogen) atoms. The number of amides is 1. The van der Waals surface area contributed by atoms with Gasteiger partial charge in [-0.05, 0) is 42.0 Å². The summed E-state index contributed by atoms with van der Waals surface area (Å²) in [6.07, 6.45) is 0. The van der Waals surface area contributed by atoms with Gasteiger partial charge in [-0.1, -0.05) is 12.1 Å².